The van der Waals surface area contributed by atoms with Crippen LogP contribution >= 0.6 is 24.8 Å². The monoisotopic (exact) mass is 214 g/mol. The van der Waals surface area contributed by atoms with Gasteiger partial charge in [-0.05, 0) is 18.9 Å². The van der Waals surface area contributed by atoms with Gasteiger partial charge in [-0.1, -0.05) is 13.8 Å². The second kappa shape index (κ2) is 6.96. The molecule has 1 aliphatic heterocycles. The first-order valence-corrected chi connectivity index (χ1v) is 4.16. The molecule has 1 saturated heterocycles. The van der Waals surface area contributed by atoms with Crippen LogP contribution in [0.15, 0.2) is 0 Å². The second-order valence-corrected chi connectivity index (χ2v) is 3.70. The Morgan fingerprint density at radius 3 is 2.33 bits per heavy atom. The molecule has 0 spiro atoms. The third kappa shape index (κ3) is 5.20. The summed E-state index contributed by atoms with van der Waals surface area (Å²) in [6.45, 7) is 8.04. The van der Waals surface area contributed by atoms with Gasteiger partial charge in [-0.3, -0.25) is 0 Å². The molecule has 0 aliphatic carbocycles. The number of nitrogens with two attached hydrogens (primary N) is 1. The summed E-state index contributed by atoms with van der Waals surface area (Å²) in [7, 11) is 0. The maximum absolute atomic E-state index is 5.76. The zero-order chi connectivity index (χ0) is 7.56. The van der Waals surface area contributed by atoms with Gasteiger partial charge in [0.15, 0.2) is 0 Å². The van der Waals surface area contributed by atoms with E-state index in [4.69, 9.17) is 5.73 Å². The van der Waals surface area contributed by atoms with Crippen molar-refractivity contribution in [3.63, 3.8) is 0 Å². The summed E-state index contributed by atoms with van der Waals surface area (Å²) in [4.78, 5) is 2.45. The Morgan fingerprint density at radius 1 is 1.42 bits per heavy atom. The molecule has 0 aromatic carbocycles. The summed E-state index contributed by atoms with van der Waals surface area (Å²) in [6, 6.07) is 0.443. The van der Waals surface area contributed by atoms with Crippen molar-refractivity contribution in [1.29, 1.82) is 0 Å². The Hall–Kier alpha value is 0.500. The first-order valence-electron chi connectivity index (χ1n) is 4.16. The van der Waals surface area contributed by atoms with E-state index in [1.54, 1.807) is 0 Å². The summed E-state index contributed by atoms with van der Waals surface area (Å²) >= 11 is 0. The first-order chi connectivity index (χ1) is 4.68. The average molecular weight is 215 g/mol. The van der Waals surface area contributed by atoms with E-state index in [-0.39, 0.29) is 24.8 Å². The lowest BCUT2D eigenvalue weighted by atomic mass is 10.2. The standard InChI is InChI=1S/C8H18N2.2ClH/c1-7(2)5-10-4-3-8(9)6-10;;/h7-8H,3-6,9H2,1-2H3;2*1H. The zero-order valence-corrected chi connectivity index (χ0v) is 9.46. The highest BCUT2D eigenvalue weighted by atomic mass is 35.5. The van der Waals surface area contributed by atoms with Crippen LogP contribution < -0.4 is 5.73 Å². The minimum Gasteiger partial charge on any atom is -0.326 e. The molecule has 1 unspecified atom stereocenters. The number of likely N-dealkylation sites (tertiary alicyclic amines) is 1. The van der Waals surface area contributed by atoms with Crippen LogP contribution in [0, 0.1) is 5.92 Å². The van der Waals surface area contributed by atoms with E-state index < -0.39 is 0 Å². The van der Waals surface area contributed by atoms with Crippen molar-refractivity contribution in [2.24, 2.45) is 11.7 Å². The van der Waals surface area contributed by atoms with Gasteiger partial charge in [0.1, 0.15) is 0 Å². The van der Waals surface area contributed by atoms with E-state index in [0.717, 1.165) is 12.5 Å². The van der Waals surface area contributed by atoms with Crippen LogP contribution in [0.4, 0.5) is 0 Å². The van der Waals surface area contributed by atoms with Crippen molar-refractivity contribution in [1.82, 2.24) is 4.90 Å². The quantitative estimate of drug-likeness (QED) is 0.756. The highest BCUT2D eigenvalue weighted by molar-refractivity contribution is 5.85. The molecule has 1 heterocycles. The first kappa shape index (κ1) is 15.0. The van der Waals surface area contributed by atoms with E-state index in [1.165, 1.54) is 19.5 Å². The van der Waals surface area contributed by atoms with Crippen molar-refractivity contribution < 1.29 is 0 Å². The average Bonchev–Trinajstić information content (AvgIpc) is 2.13. The molecule has 1 atom stereocenters. The molecular weight excluding hydrogens is 195 g/mol. The number of halogens is 2. The molecule has 0 amide bonds. The molecule has 4 heteroatoms. The molecule has 1 rings (SSSR count). The van der Waals surface area contributed by atoms with Crippen molar-refractivity contribution in [3.8, 4) is 0 Å². The number of hydrogen-bond donors (Lipinski definition) is 1. The molecule has 0 saturated carbocycles. The normalized spacial score (nSPS) is 23.5. The second-order valence-electron chi connectivity index (χ2n) is 3.70. The number of nitrogens with zero attached hydrogens (tertiary/aromatic N) is 1. The van der Waals surface area contributed by atoms with Crippen LogP contribution in [0.25, 0.3) is 0 Å². The maximum Gasteiger partial charge on any atom is 0.0180 e. The predicted molar refractivity (Wildman–Crippen MR) is 58.4 cm³/mol. The van der Waals surface area contributed by atoms with E-state index in [2.05, 4.69) is 18.7 Å². The minimum absolute atomic E-state index is 0. The summed E-state index contributed by atoms with van der Waals surface area (Å²) in [5, 5.41) is 0. The van der Waals surface area contributed by atoms with Crippen LogP contribution in [0.3, 0.4) is 0 Å². The Kier molecular flexibility index (Phi) is 8.69. The fraction of sp³-hybridized carbons (Fsp3) is 1.00. The summed E-state index contributed by atoms with van der Waals surface area (Å²) in [5.74, 6) is 0.783. The van der Waals surface area contributed by atoms with Gasteiger partial charge < -0.3 is 10.6 Å². The van der Waals surface area contributed by atoms with Crippen LogP contribution in [0.1, 0.15) is 20.3 Å². The largest absolute Gasteiger partial charge is 0.326 e. The van der Waals surface area contributed by atoms with Crippen LogP contribution in [0.2, 0.25) is 0 Å². The van der Waals surface area contributed by atoms with Gasteiger partial charge >= 0.3 is 0 Å². The van der Waals surface area contributed by atoms with Gasteiger partial charge in [0.05, 0.1) is 0 Å². The maximum atomic E-state index is 5.76. The summed E-state index contributed by atoms with van der Waals surface area (Å²) < 4.78 is 0. The topological polar surface area (TPSA) is 29.3 Å². The van der Waals surface area contributed by atoms with Crippen molar-refractivity contribution >= 4 is 24.8 Å². The molecule has 0 radical (unpaired) electrons. The molecule has 0 aromatic rings. The molecule has 1 fully saturated rings. The Balaban J connectivity index is 0. The molecule has 0 bridgehead atoms. The van der Waals surface area contributed by atoms with Crippen LogP contribution in [-0.2, 0) is 0 Å². The van der Waals surface area contributed by atoms with Crippen LogP contribution in [-0.4, -0.2) is 30.6 Å². The highest BCUT2D eigenvalue weighted by Crippen LogP contribution is 2.08. The van der Waals surface area contributed by atoms with Gasteiger partial charge in [-0.25, -0.2) is 0 Å². The van der Waals surface area contributed by atoms with E-state index in [0.29, 0.717) is 6.04 Å². The smallest absolute Gasteiger partial charge is 0.0180 e. The SMILES string of the molecule is CC(C)CN1CCC(N)C1.Cl.Cl. The van der Waals surface area contributed by atoms with Gasteiger partial charge in [-0.2, -0.15) is 0 Å². The number of rotatable bonds is 2. The summed E-state index contributed by atoms with van der Waals surface area (Å²) in [6.07, 6.45) is 1.19. The lowest BCUT2D eigenvalue weighted by Gasteiger charge is -2.16. The van der Waals surface area contributed by atoms with E-state index in [1.807, 2.05) is 0 Å². The Morgan fingerprint density at radius 2 is 2.00 bits per heavy atom. The van der Waals surface area contributed by atoms with Gasteiger partial charge in [-0.15, -0.1) is 24.8 Å². The van der Waals surface area contributed by atoms with Crippen LogP contribution in [0.5, 0.6) is 0 Å². The van der Waals surface area contributed by atoms with Crippen molar-refractivity contribution in [3.05, 3.63) is 0 Å². The summed E-state index contributed by atoms with van der Waals surface area (Å²) in [5.41, 5.74) is 5.76. The third-order valence-electron chi connectivity index (χ3n) is 1.93. The predicted octanol–water partition coefficient (Wildman–Crippen LogP) is 1.52. The fourth-order valence-electron chi connectivity index (χ4n) is 1.54. The molecule has 1 aliphatic rings. The van der Waals surface area contributed by atoms with Gasteiger partial charge in [0.25, 0.3) is 0 Å². The fourth-order valence-corrected chi connectivity index (χ4v) is 1.54. The Bertz CT molecular complexity index is 109. The molecule has 2 nitrogen and oxygen atoms in total. The molecular formula is C8H20Cl2N2. The van der Waals surface area contributed by atoms with Crippen molar-refractivity contribution in [2.45, 2.75) is 26.3 Å². The Labute approximate surface area is 87.7 Å². The minimum atomic E-state index is 0. The molecule has 2 N–H and O–H groups in total. The molecule has 76 valence electrons. The van der Waals surface area contributed by atoms with Crippen molar-refractivity contribution in [2.75, 3.05) is 19.6 Å². The van der Waals surface area contributed by atoms with Gasteiger partial charge in [0, 0.05) is 19.1 Å². The van der Waals surface area contributed by atoms with E-state index in [9.17, 15) is 0 Å². The molecule has 0 aromatic heterocycles. The lowest BCUT2D eigenvalue weighted by Crippen LogP contribution is -2.29. The highest BCUT2D eigenvalue weighted by Gasteiger charge is 2.18. The molecule has 12 heavy (non-hydrogen) atoms. The third-order valence-corrected chi connectivity index (χ3v) is 1.93. The number of hydrogen-bond acceptors (Lipinski definition) is 2. The van der Waals surface area contributed by atoms with E-state index >= 15 is 0 Å². The van der Waals surface area contributed by atoms with Gasteiger partial charge in [0.2, 0.25) is 0 Å². The lowest BCUT2D eigenvalue weighted by molar-refractivity contribution is 0.295. The zero-order valence-electron chi connectivity index (χ0n) is 7.82.